The highest BCUT2D eigenvalue weighted by atomic mass is 16.5. The number of urea groups is 1. The number of amides is 3. The Labute approximate surface area is 180 Å². The van der Waals surface area contributed by atoms with Gasteiger partial charge in [-0.25, -0.2) is 9.79 Å². The third kappa shape index (κ3) is 3.09. The zero-order valence-electron chi connectivity index (χ0n) is 18.2. The molecule has 3 aliphatic rings. The summed E-state index contributed by atoms with van der Waals surface area (Å²) in [5.74, 6) is 0.479. The fourth-order valence-corrected chi connectivity index (χ4v) is 4.16. The number of hydrogen-bond donors (Lipinski definition) is 0. The van der Waals surface area contributed by atoms with E-state index in [1.54, 1.807) is 14.2 Å². The number of anilines is 1. The number of allylic oxidation sites excluding steroid dienone is 2. The van der Waals surface area contributed by atoms with Crippen molar-refractivity contribution >= 4 is 29.6 Å². The smallest absolute Gasteiger partial charge is 0.328 e. The van der Waals surface area contributed by atoms with Gasteiger partial charge in [0.25, 0.3) is 5.91 Å². The first kappa shape index (κ1) is 20.7. The van der Waals surface area contributed by atoms with Crippen LogP contribution in [0.4, 0.5) is 10.5 Å². The van der Waals surface area contributed by atoms with E-state index in [1.165, 1.54) is 12.0 Å². The van der Waals surface area contributed by atoms with E-state index < -0.39 is 24.2 Å². The van der Waals surface area contributed by atoms with Crippen molar-refractivity contribution < 1.29 is 23.9 Å². The molecule has 10 nitrogen and oxygen atoms in total. The summed E-state index contributed by atoms with van der Waals surface area (Å²) in [4.78, 5) is 48.9. The summed E-state index contributed by atoms with van der Waals surface area (Å²) < 4.78 is 9.89. The fraction of sp³-hybridized carbons (Fsp3) is 0.429. The molecule has 31 heavy (non-hydrogen) atoms. The Morgan fingerprint density at radius 3 is 2.39 bits per heavy atom. The first-order valence-corrected chi connectivity index (χ1v) is 9.93. The number of aliphatic imine (C=N–C) groups is 1. The van der Waals surface area contributed by atoms with E-state index in [1.807, 2.05) is 47.9 Å². The Balaban J connectivity index is 1.67. The van der Waals surface area contributed by atoms with Crippen LogP contribution in [0.25, 0.3) is 0 Å². The van der Waals surface area contributed by atoms with Crippen molar-refractivity contribution in [1.82, 2.24) is 14.7 Å². The molecule has 1 fully saturated rings. The van der Waals surface area contributed by atoms with Crippen LogP contribution in [0.15, 0.2) is 40.7 Å². The van der Waals surface area contributed by atoms with Gasteiger partial charge in [0, 0.05) is 30.7 Å². The van der Waals surface area contributed by atoms with E-state index in [0.29, 0.717) is 5.96 Å². The van der Waals surface area contributed by atoms with Crippen LogP contribution >= 0.6 is 0 Å². The van der Waals surface area contributed by atoms with Gasteiger partial charge in [0.1, 0.15) is 5.75 Å². The molecule has 0 spiro atoms. The van der Waals surface area contributed by atoms with Crippen molar-refractivity contribution in [2.24, 2.45) is 4.99 Å². The highest BCUT2D eigenvalue weighted by molar-refractivity contribution is 6.10. The van der Waals surface area contributed by atoms with Gasteiger partial charge in [-0.1, -0.05) is 0 Å². The number of carbonyl (C=O) groups excluding carboxylic acids is 3. The number of fused-ring (bicyclic) bond motifs is 3. The average Bonchev–Trinajstić information content (AvgIpc) is 3.27. The molecule has 1 aromatic carbocycles. The number of nitrogens with zero attached hydrogens (tertiary/aromatic N) is 5. The number of guanidine groups is 1. The molecule has 2 atom stereocenters. The maximum atomic E-state index is 13.3. The molecule has 3 heterocycles. The summed E-state index contributed by atoms with van der Waals surface area (Å²) in [5.41, 5.74) is 2.70. The van der Waals surface area contributed by atoms with Crippen LogP contribution in [0.1, 0.15) is 20.3 Å². The molecule has 10 heteroatoms. The number of benzene rings is 1. The molecule has 0 aliphatic carbocycles. The number of imide groups is 1. The molecule has 0 bridgehead atoms. The highest BCUT2D eigenvalue weighted by Gasteiger charge is 2.55. The third-order valence-corrected chi connectivity index (χ3v) is 5.99. The lowest BCUT2D eigenvalue weighted by Crippen LogP contribution is -2.64. The summed E-state index contributed by atoms with van der Waals surface area (Å²) in [6, 6.07) is 6.40. The quantitative estimate of drug-likeness (QED) is 0.659. The van der Waals surface area contributed by atoms with E-state index in [2.05, 4.69) is 4.74 Å². The minimum atomic E-state index is -0.687. The number of carbonyl (C=O) groups is 3. The van der Waals surface area contributed by atoms with Crippen molar-refractivity contribution in [1.29, 1.82) is 0 Å². The minimum absolute atomic E-state index is 0.0367. The van der Waals surface area contributed by atoms with Crippen LogP contribution in [0, 0.1) is 0 Å². The molecule has 3 amide bonds. The first-order valence-electron chi connectivity index (χ1n) is 9.93. The van der Waals surface area contributed by atoms with Gasteiger partial charge >= 0.3 is 12.0 Å². The van der Waals surface area contributed by atoms with Gasteiger partial charge in [0.2, 0.25) is 5.96 Å². The van der Waals surface area contributed by atoms with Gasteiger partial charge in [0.05, 0.1) is 20.6 Å². The maximum absolute atomic E-state index is 13.3. The van der Waals surface area contributed by atoms with Crippen LogP contribution in [0.5, 0.6) is 5.75 Å². The number of ether oxygens (including phenoxy) is 2. The first-order chi connectivity index (χ1) is 14.8. The maximum Gasteiger partial charge on any atom is 0.328 e. The summed E-state index contributed by atoms with van der Waals surface area (Å²) in [5, 5.41) is 0. The molecule has 0 aromatic heterocycles. The highest BCUT2D eigenvalue weighted by Crippen LogP contribution is 2.40. The summed E-state index contributed by atoms with van der Waals surface area (Å²) in [6.45, 7) is 3.86. The molecule has 1 aromatic rings. The number of esters is 1. The second kappa shape index (κ2) is 7.60. The lowest BCUT2D eigenvalue weighted by Gasteiger charge is -2.40. The van der Waals surface area contributed by atoms with Crippen molar-refractivity contribution in [3.63, 3.8) is 0 Å². The SMILES string of the molecule is COC(=O)CCN1C(=O)C2C(N=C3N(c4ccc(OC)cc4)C(C)=C(C)N32)N(C)C1=O. The number of hydrogen-bond acceptors (Lipinski definition) is 8. The van der Waals surface area contributed by atoms with Gasteiger partial charge in [-0.3, -0.25) is 24.3 Å². The molecule has 2 unspecified atom stereocenters. The van der Waals surface area contributed by atoms with E-state index in [-0.39, 0.29) is 18.9 Å². The second-order valence-electron chi connectivity index (χ2n) is 7.57. The summed E-state index contributed by atoms with van der Waals surface area (Å²) in [6.07, 6.45) is -0.702. The predicted molar refractivity (Wildman–Crippen MR) is 112 cm³/mol. The lowest BCUT2D eigenvalue weighted by atomic mass is 10.1. The molecule has 164 valence electrons. The number of rotatable bonds is 5. The molecule has 0 radical (unpaired) electrons. The molecule has 1 saturated heterocycles. The molecular formula is C21H25N5O5. The number of methoxy groups -OCH3 is 2. The van der Waals surface area contributed by atoms with Gasteiger partial charge in [0.15, 0.2) is 12.2 Å². The van der Waals surface area contributed by atoms with Crippen molar-refractivity contribution in [2.45, 2.75) is 32.5 Å². The standard InChI is InChI=1S/C21H25N5O5/c1-12-13(2)26-17-18(22-20(26)25(12)14-6-8-15(30-4)9-7-14)23(3)21(29)24(19(17)28)11-10-16(27)31-5/h6-9,17-18H,10-11H2,1-5H3. The van der Waals surface area contributed by atoms with E-state index >= 15 is 0 Å². The monoisotopic (exact) mass is 427 g/mol. The molecule has 3 aliphatic heterocycles. The van der Waals surface area contributed by atoms with Crippen LogP contribution in [-0.2, 0) is 14.3 Å². The molecule has 0 N–H and O–H groups in total. The Hall–Kier alpha value is -3.56. The third-order valence-electron chi connectivity index (χ3n) is 5.99. The zero-order chi connectivity index (χ0) is 22.4. The van der Waals surface area contributed by atoms with Gasteiger partial charge in [-0.2, -0.15) is 0 Å². The second-order valence-corrected chi connectivity index (χ2v) is 7.57. The van der Waals surface area contributed by atoms with Crippen LogP contribution in [0.3, 0.4) is 0 Å². The van der Waals surface area contributed by atoms with Crippen molar-refractivity contribution in [3.05, 3.63) is 35.7 Å². The van der Waals surface area contributed by atoms with Crippen molar-refractivity contribution in [3.8, 4) is 5.75 Å². The predicted octanol–water partition coefficient (Wildman–Crippen LogP) is 1.59. The average molecular weight is 427 g/mol. The van der Waals surface area contributed by atoms with E-state index in [9.17, 15) is 14.4 Å². The Morgan fingerprint density at radius 2 is 1.77 bits per heavy atom. The zero-order valence-corrected chi connectivity index (χ0v) is 18.2. The normalized spacial score (nSPS) is 22.7. The number of likely N-dealkylation sites (N-methyl/N-ethyl adjacent to an activating group) is 1. The largest absolute Gasteiger partial charge is 0.497 e. The Bertz CT molecular complexity index is 1000. The van der Waals surface area contributed by atoms with Crippen LogP contribution < -0.4 is 9.64 Å². The topological polar surface area (TPSA) is 95.0 Å². The van der Waals surface area contributed by atoms with Gasteiger partial charge in [-0.05, 0) is 38.1 Å². The minimum Gasteiger partial charge on any atom is -0.497 e. The van der Waals surface area contributed by atoms with Crippen molar-refractivity contribution in [2.75, 3.05) is 32.7 Å². The fourth-order valence-electron chi connectivity index (χ4n) is 4.16. The molecule has 0 saturated carbocycles. The van der Waals surface area contributed by atoms with Crippen LogP contribution in [0.2, 0.25) is 0 Å². The van der Waals surface area contributed by atoms with Crippen LogP contribution in [-0.4, -0.2) is 78.6 Å². The summed E-state index contributed by atoms with van der Waals surface area (Å²) >= 11 is 0. The Morgan fingerprint density at radius 1 is 1.10 bits per heavy atom. The molecular weight excluding hydrogens is 402 g/mol. The lowest BCUT2D eigenvalue weighted by molar-refractivity contribution is -0.142. The Kier molecular flexibility index (Phi) is 5.08. The van der Waals surface area contributed by atoms with E-state index in [0.717, 1.165) is 27.7 Å². The summed E-state index contributed by atoms with van der Waals surface area (Å²) in [7, 11) is 4.50. The van der Waals surface area contributed by atoms with Gasteiger partial charge in [-0.15, -0.1) is 0 Å². The van der Waals surface area contributed by atoms with Gasteiger partial charge < -0.3 is 14.4 Å². The molecule has 4 rings (SSSR count). The van der Waals surface area contributed by atoms with E-state index in [4.69, 9.17) is 9.73 Å².